The van der Waals surface area contributed by atoms with Crippen molar-refractivity contribution in [1.29, 1.82) is 0 Å². The number of amides is 1. The van der Waals surface area contributed by atoms with E-state index in [0.29, 0.717) is 22.9 Å². The van der Waals surface area contributed by atoms with Crippen molar-refractivity contribution >= 4 is 54.8 Å². The van der Waals surface area contributed by atoms with Crippen LogP contribution in [0.4, 0.5) is 10.3 Å². The van der Waals surface area contributed by atoms with E-state index in [4.69, 9.17) is 4.98 Å². The van der Waals surface area contributed by atoms with Gasteiger partial charge in [0.25, 0.3) is 5.91 Å². The third-order valence-electron chi connectivity index (χ3n) is 7.65. The van der Waals surface area contributed by atoms with Crippen molar-refractivity contribution in [3.63, 3.8) is 0 Å². The number of carbonyl (C=O) groups is 2. The molecule has 1 fully saturated rings. The average molecular weight is 560 g/mol. The van der Waals surface area contributed by atoms with Crippen molar-refractivity contribution in [2.45, 2.75) is 52.0 Å². The van der Waals surface area contributed by atoms with E-state index in [9.17, 15) is 9.59 Å². The minimum Gasteiger partial charge on any atom is -0.343 e. The number of para-hydroxylation sites is 1. The molecule has 7 nitrogen and oxygen atoms in total. The minimum absolute atomic E-state index is 0.0267. The van der Waals surface area contributed by atoms with Crippen molar-refractivity contribution in [1.82, 2.24) is 14.9 Å². The van der Waals surface area contributed by atoms with Crippen molar-refractivity contribution in [3.8, 4) is 0 Å². The molecule has 202 valence electrons. The first kappa shape index (κ1) is 26.1. The number of aryl methyl sites for hydroxylation is 1. The summed E-state index contributed by atoms with van der Waals surface area (Å²) in [7, 11) is 0. The highest BCUT2D eigenvalue weighted by atomic mass is 32.1. The van der Waals surface area contributed by atoms with Crippen LogP contribution in [0.2, 0.25) is 0 Å². The molecule has 1 N–H and O–H groups in total. The molecule has 2 aromatic carbocycles. The van der Waals surface area contributed by atoms with E-state index in [1.54, 1.807) is 18.3 Å². The predicted octanol–water partition coefficient (Wildman–Crippen LogP) is 6.19. The SMILES string of the molecule is CC(=O)c1nc(N2CCc3cccc(C(=O)Nc4nc5ccccc5s4)c3C2)sc1CCCN1CCCCC1. The number of piperidine rings is 1. The molecule has 1 amide bonds. The van der Waals surface area contributed by atoms with Gasteiger partial charge in [-0.25, -0.2) is 9.97 Å². The summed E-state index contributed by atoms with van der Waals surface area (Å²) in [6.07, 6.45) is 6.68. The molecule has 1 saturated heterocycles. The fourth-order valence-corrected chi connectivity index (χ4v) is 7.65. The molecular formula is C30H33N5O2S2. The van der Waals surface area contributed by atoms with Crippen LogP contribution in [0, 0.1) is 0 Å². The smallest absolute Gasteiger partial charge is 0.257 e. The number of thiazole rings is 2. The van der Waals surface area contributed by atoms with Gasteiger partial charge in [0.05, 0.1) is 10.2 Å². The minimum atomic E-state index is -0.144. The number of nitrogens with one attached hydrogen (secondary N) is 1. The first-order valence-electron chi connectivity index (χ1n) is 13.8. The van der Waals surface area contributed by atoms with Crippen LogP contribution < -0.4 is 10.2 Å². The summed E-state index contributed by atoms with van der Waals surface area (Å²) in [4.78, 5) is 41.1. The number of aromatic nitrogens is 2. The van der Waals surface area contributed by atoms with E-state index >= 15 is 0 Å². The number of Topliss-reactive ketones (excluding diaryl/α,β-unsaturated/α-hetero) is 1. The number of ketones is 1. The maximum Gasteiger partial charge on any atom is 0.257 e. The van der Waals surface area contributed by atoms with Gasteiger partial charge in [-0.3, -0.25) is 14.9 Å². The topological polar surface area (TPSA) is 78.4 Å². The quantitative estimate of drug-likeness (QED) is 0.260. The zero-order valence-electron chi connectivity index (χ0n) is 22.2. The number of fused-ring (bicyclic) bond motifs is 2. The first-order chi connectivity index (χ1) is 19.0. The van der Waals surface area contributed by atoms with Crippen molar-refractivity contribution in [2.24, 2.45) is 0 Å². The molecule has 9 heteroatoms. The largest absolute Gasteiger partial charge is 0.343 e. The number of likely N-dealkylation sites (tertiary alicyclic amines) is 1. The van der Waals surface area contributed by atoms with Crippen LogP contribution in [-0.2, 0) is 19.4 Å². The Labute approximate surface area is 236 Å². The Morgan fingerprint density at radius 2 is 1.82 bits per heavy atom. The molecule has 0 spiro atoms. The summed E-state index contributed by atoms with van der Waals surface area (Å²) in [5.41, 5.74) is 4.38. The monoisotopic (exact) mass is 559 g/mol. The van der Waals surface area contributed by atoms with Gasteiger partial charge in [-0.1, -0.05) is 42.0 Å². The summed E-state index contributed by atoms with van der Waals surface area (Å²) in [5.74, 6) is -0.117. The second-order valence-corrected chi connectivity index (χ2v) is 12.5. The van der Waals surface area contributed by atoms with E-state index in [-0.39, 0.29) is 11.7 Å². The Balaban J connectivity index is 1.18. The van der Waals surface area contributed by atoms with Gasteiger partial charge in [-0.15, -0.1) is 11.3 Å². The fraction of sp³-hybridized carbons (Fsp3) is 0.400. The molecule has 0 bridgehead atoms. The van der Waals surface area contributed by atoms with Crippen LogP contribution >= 0.6 is 22.7 Å². The third kappa shape index (κ3) is 5.76. The highest BCUT2D eigenvalue weighted by Gasteiger charge is 2.26. The predicted molar refractivity (Wildman–Crippen MR) is 159 cm³/mol. The summed E-state index contributed by atoms with van der Waals surface area (Å²) in [6.45, 7) is 6.48. The first-order valence-corrected chi connectivity index (χ1v) is 15.4. The van der Waals surface area contributed by atoms with Crippen molar-refractivity contribution in [2.75, 3.05) is 36.4 Å². The van der Waals surface area contributed by atoms with Gasteiger partial charge in [0, 0.05) is 30.5 Å². The van der Waals surface area contributed by atoms with Crippen LogP contribution in [-0.4, -0.2) is 52.7 Å². The number of anilines is 2. The Morgan fingerprint density at radius 3 is 2.64 bits per heavy atom. The lowest BCUT2D eigenvalue weighted by Gasteiger charge is -2.29. The van der Waals surface area contributed by atoms with Gasteiger partial charge in [0.2, 0.25) is 0 Å². The van der Waals surface area contributed by atoms with E-state index in [1.807, 2.05) is 36.4 Å². The molecule has 0 saturated carbocycles. The Morgan fingerprint density at radius 1 is 0.974 bits per heavy atom. The lowest BCUT2D eigenvalue weighted by molar-refractivity contribution is 0.100. The molecule has 0 aliphatic carbocycles. The van der Waals surface area contributed by atoms with Crippen molar-refractivity contribution in [3.05, 3.63) is 69.7 Å². The molecule has 0 atom stereocenters. The molecule has 6 rings (SSSR count). The maximum atomic E-state index is 13.4. The molecule has 2 aliphatic rings. The molecule has 2 aromatic heterocycles. The molecular weight excluding hydrogens is 526 g/mol. The van der Waals surface area contributed by atoms with Crippen LogP contribution in [0.5, 0.6) is 0 Å². The summed E-state index contributed by atoms with van der Waals surface area (Å²) < 4.78 is 1.05. The van der Waals surface area contributed by atoms with Gasteiger partial charge in [0.1, 0.15) is 5.69 Å². The van der Waals surface area contributed by atoms with Crippen LogP contribution in [0.3, 0.4) is 0 Å². The molecule has 4 aromatic rings. The Bertz CT molecular complexity index is 1470. The maximum absolute atomic E-state index is 13.4. The number of hydrogen-bond acceptors (Lipinski definition) is 8. The van der Waals surface area contributed by atoms with Crippen LogP contribution in [0.15, 0.2) is 42.5 Å². The second-order valence-electron chi connectivity index (χ2n) is 10.4. The Kier molecular flexibility index (Phi) is 7.72. The lowest BCUT2D eigenvalue weighted by Crippen LogP contribution is -2.32. The molecule has 0 radical (unpaired) electrons. The van der Waals surface area contributed by atoms with Gasteiger partial charge in [-0.05, 0) is 81.1 Å². The van der Waals surface area contributed by atoms with Gasteiger partial charge in [-0.2, -0.15) is 0 Å². The summed E-state index contributed by atoms with van der Waals surface area (Å²) >= 11 is 3.12. The number of nitrogens with zero attached hydrogens (tertiary/aromatic N) is 4. The number of rotatable bonds is 8. The van der Waals surface area contributed by atoms with Gasteiger partial charge >= 0.3 is 0 Å². The molecule has 4 heterocycles. The zero-order valence-corrected chi connectivity index (χ0v) is 23.9. The van der Waals surface area contributed by atoms with E-state index in [1.165, 1.54) is 49.3 Å². The molecule has 2 aliphatic heterocycles. The third-order valence-corrected chi connectivity index (χ3v) is 9.78. The van der Waals surface area contributed by atoms with E-state index in [0.717, 1.165) is 58.1 Å². The zero-order chi connectivity index (χ0) is 26.8. The number of hydrogen-bond donors (Lipinski definition) is 1. The summed E-state index contributed by atoms with van der Waals surface area (Å²) in [6, 6.07) is 13.8. The normalized spacial score (nSPS) is 15.9. The summed E-state index contributed by atoms with van der Waals surface area (Å²) in [5, 5.41) is 4.50. The highest BCUT2D eigenvalue weighted by molar-refractivity contribution is 7.22. The standard InChI is InChI=1S/C30H33N5O2S2/c1-20(36)27-26(13-8-17-34-15-5-2-6-16-34)39-30(32-27)35-18-14-21-9-7-10-22(23(21)19-35)28(37)33-29-31-24-11-3-4-12-25(24)38-29/h3-4,7,9-12H,2,5-6,8,13-19H2,1H3,(H,31,33,37). The van der Waals surface area contributed by atoms with Crippen molar-refractivity contribution < 1.29 is 9.59 Å². The van der Waals surface area contributed by atoms with Crippen LogP contribution in [0.25, 0.3) is 10.2 Å². The highest BCUT2D eigenvalue weighted by Crippen LogP contribution is 2.33. The lowest BCUT2D eigenvalue weighted by atomic mass is 9.94. The van der Waals surface area contributed by atoms with E-state index < -0.39 is 0 Å². The van der Waals surface area contributed by atoms with Gasteiger partial charge in [0.15, 0.2) is 16.0 Å². The second kappa shape index (κ2) is 11.5. The Hall–Kier alpha value is -3.14. The number of benzene rings is 2. The molecule has 39 heavy (non-hydrogen) atoms. The molecule has 0 unspecified atom stereocenters. The number of carbonyl (C=O) groups excluding carboxylic acids is 2. The van der Waals surface area contributed by atoms with Gasteiger partial charge < -0.3 is 9.80 Å². The fourth-order valence-electron chi connectivity index (χ4n) is 5.61. The average Bonchev–Trinajstić information content (AvgIpc) is 3.57. The van der Waals surface area contributed by atoms with Crippen LogP contribution in [0.1, 0.15) is 69.5 Å². The van der Waals surface area contributed by atoms with E-state index in [2.05, 4.69) is 26.2 Å².